The molecule has 1 amide bonds. The summed E-state index contributed by atoms with van der Waals surface area (Å²) in [7, 11) is 0. The predicted molar refractivity (Wildman–Crippen MR) is 68.6 cm³/mol. The van der Waals surface area contributed by atoms with Gasteiger partial charge in [0.2, 0.25) is 5.91 Å². The van der Waals surface area contributed by atoms with Crippen LogP contribution >= 0.6 is 0 Å². The summed E-state index contributed by atoms with van der Waals surface area (Å²) < 4.78 is 13.6. The molecule has 1 heterocycles. The van der Waals surface area contributed by atoms with Crippen molar-refractivity contribution in [1.29, 1.82) is 0 Å². The molecule has 1 fully saturated rings. The van der Waals surface area contributed by atoms with Gasteiger partial charge in [0.1, 0.15) is 5.82 Å². The Labute approximate surface area is 107 Å². The van der Waals surface area contributed by atoms with E-state index in [-0.39, 0.29) is 23.8 Å². The molecule has 0 saturated carbocycles. The number of carbonyl (C=O) groups is 1. The molecule has 1 unspecified atom stereocenters. The molecule has 0 spiro atoms. The average Bonchev–Trinajstić information content (AvgIpc) is 2.40. The SMILES string of the molecule is C[C@@H](NC(=O)C1CCCCN1)c1ccccc1F. The van der Waals surface area contributed by atoms with Gasteiger partial charge in [-0.05, 0) is 32.4 Å². The van der Waals surface area contributed by atoms with Crippen LogP contribution in [0.2, 0.25) is 0 Å². The molecule has 1 saturated heterocycles. The lowest BCUT2D eigenvalue weighted by Crippen LogP contribution is -2.47. The molecule has 98 valence electrons. The van der Waals surface area contributed by atoms with Crippen LogP contribution in [0.15, 0.2) is 24.3 Å². The third kappa shape index (κ3) is 3.07. The van der Waals surface area contributed by atoms with Crippen molar-refractivity contribution < 1.29 is 9.18 Å². The maximum absolute atomic E-state index is 13.6. The van der Waals surface area contributed by atoms with E-state index in [1.807, 2.05) is 0 Å². The van der Waals surface area contributed by atoms with Crippen LogP contribution in [0.5, 0.6) is 0 Å². The lowest BCUT2D eigenvalue weighted by Gasteiger charge is -2.24. The topological polar surface area (TPSA) is 41.1 Å². The second-order valence-electron chi connectivity index (χ2n) is 4.75. The van der Waals surface area contributed by atoms with E-state index in [0.717, 1.165) is 25.8 Å². The lowest BCUT2D eigenvalue weighted by atomic mass is 10.0. The quantitative estimate of drug-likeness (QED) is 0.863. The van der Waals surface area contributed by atoms with E-state index in [0.29, 0.717) is 5.56 Å². The number of carbonyl (C=O) groups excluding carboxylic acids is 1. The number of piperidine rings is 1. The first kappa shape index (κ1) is 13.0. The maximum atomic E-state index is 13.6. The van der Waals surface area contributed by atoms with Crippen LogP contribution in [0.25, 0.3) is 0 Å². The smallest absolute Gasteiger partial charge is 0.237 e. The number of nitrogens with one attached hydrogen (secondary N) is 2. The van der Waals surface area contributed by atoms with E-state index in [1.54, 1.807) is 25.1 Å². The molecule has 2 atom stereocenters. The zero-order chi connectivity index (χ0) is 13.0. The van der Waals surface area contributed by atoms with Crippen LogP contribution in [-0.2, 0) is 4.79 Å². The third-order valence-electron chi connectivity index (χ3n) is 3.36. The summed E-state index contributed by atoms with van der Waals surface area (Å²) in [6, 6.07) is 6.11. The van der Waals surface area contributed by atoms with Crippen molar-refractivity contribution in [1.82, 2.24) is 10.6 Å². The first-order valence-electron chi connectivity index (χ1n) is 6.46. The summed E-state index contributed by atoms with van der Waals surface area (Å²) in [6.45, 7) is 2.69. The van der Waals surface area contributed by atoms with Gasteiger partial charge in [0.05, 0.1) is 12.1 Å². The molecule has 2 rings (SSSR count). The van der Waals surface area contributed by atoms with Crippen LogP contribution in [0.1, 0.15) is 37.8 Å². The van der Waals surface area contributed by atoms with Crippen LogP contribution in [0, 0.1) is 5.82 Å². The first-order valence-corrected chi connectivity index (χ1v) is 6.46. The van der Waals surface area contributed by atoms with Gasteiger partial charge in [-0.15, -0.1) is 0 Å². The van der Waals surface area contributed by atoms with Crippen LogP contribution in [-0.4, -0.2) is 18.5 Å². The van der Waals surface area contributed by atoms with Gasteiger partial charge in [-0.3, -0.25) is 4.79 Å². The number of rotatable bonds is 3. The molecule has 1 aliphatic heterocycles. The Morgan fingerprint density at radius 1 is 1.44 bits per heavy atom. The highest BCUT2D eigenvalue weighted by Gasteiger charge is 2.22. The summed E-state index contributed by atoms with van der Waals surface area (Å²) in [5, 5.41) is 6.05. The third-order valence-corrected chi connectivity index (χ3v) is 3.36. The van der Waals surface area contributed by atoms with Gasteiger partial charge in [0, 0.05) is 5.56 Å². The maximum Gasteiger partial charge on any atom is 0.237 e. The van der Waals surface area contributed by atoms with Crippen LogP contribution < -0.4 is 10.6 Å². The molecule has 0 aromatic heterocycles. The molecule has 18 heavy (non-hydrogen) atoms. The highest BCUT2D eigenvalue weighted by molar-refractivity contribution is 5.82. The molecule has 0 aliphatic carbocycles. The van der Waals surface area contributed by atoms with Gasteiger partial charge in [0.25, 0.3) is 0 Å². The van der Waals surface area contributed by atoms with Crippen molar-refractivity contribution in [2.75, 3.05) is 6.54 Å². The normalized spacial score (nSPS) is 21.3. The molecule has 4 heteroatoms. The number of halogens is 1. The number of hydrogen-bond acceptors (Lipinski definition) is 2. The van der Waals surface area contributed by atoms with E-state index < -0.39 is 0 Å². The zero-order valence-electron chi connectivity index (χ0n) is 10.6. The van der Waals surface area contributed by atoms with E-state index in [1.165, 1.54) is 6.07 Å². The Morgan fingerprint density at radius 2 is 2.22 bits per heavy atom. The molecular weight excluding hydrogens is 231 g/mol. The molecule has 0 radical (unpaired) electrons. The minimum absolute atomic E-state index is 0.0366. The molecule has 2 N–H and O–H groups in total. The highest BCUT2D eigenvalue weighted by Crippen LogP contribution is 2.17. The Hall–Kier alpha value is -1.42. The molecule has 3 nitrogen and oxygen atoms in total. The fourth-order valence-electron chi connectivity index (χ4n) is 2.29. The summed E-state index contributed by atoms with van der Waals surface area (Å²) in [5.41, 5.74) is 0.529. The van der Waals surface area contributed by atoms with E-state index in [4.69, 9.17) is 0 Å². The van der Waals surface area contributed by atoms with Crippen molar-refractivity contribution in [3.63, 3.8) is 0 Å². The Balaban J connectivity index is 1.96. The van der Waals surface area contributed by atoms with E-state index in [2.05, 4.69) is 10.6 Å². The van der Waals surface area contributed by atoms with Crippen molar-refractivity contribution >= 4 is 5.91 Å². The standard InChI is InChI=1S/C14H19FN2O/c1-10(11-6-2-3-7-12(11)15)17-14(18)13-8-4-5-9-16-13/h2-3,6-7,10,13,16H,4-5,8-9H2,1H3,(H,17,18)/t10-,13?/m1/s1. The lowest BCUT2D eigenvalue weighted by molar-refractivity contribution is -0.124. The largest absolute Gasteiger partial charge is 0.348 e. The second-order valence-corrected chi connectivity index (χ2v) is 4.75. The van der Waals surface area contributed by atoms with Crippen molar-refractivity contribution in [3.05, 3.63) is 35.6 Å². The Morgan fingerprint density at radius 3 is 2.89 bits per heavy atom. The van der Waals surface area contributed by atoms with Crippen molar-refractivity contribution in [2.45, 2.75) is 38.3 Å². The fourth-order valence-corrected chi connectivity index (χ4v) is 2.29. The summed E-state index contributed by atoms with van der Waals surface area (Å²) >= 11 is 0. The van der Waals surface area contributed by atoms with Gasteiger partial charge in [-0.2, -0.15) is 0 Å². The predicted octanol–water partition coefficient (Wildman–Crippen LogP) is 2.14. The molecule has 1 aliphatic rings. The van der Waals surface area contributed by atoms with Crippen molar-refractivity contribution in [2.24, 2.45) is 0 Å². The summed E-state index contributed by atoms with van der Waals surface area (Å²) in [4.78, 5) is 12.0. The molecule has 0 bridgehead atoms. The minimum atomic E-state index is -0.303. The van der Waals surface area contributed by atoms with Gasteiger partial charge >= 0.3 is 0 Å². The fraction of sp³-hybridized carbons (Fsp3) is 0.500. The van der Waals surface area contributed by atoms with Gasteiger partial charge < -0.3 is 10.6 Å². The number of hydrogen-bond donors (Lipinski definition) is 2. The average molecular weight is 250 g/mol. The summed E-state index contributed by atoms with van der Waals surface area (Å²) in [6.07, 6.45) is 3.04. The Bertz CT molecular complexity index is 416. The highest BCUT2D eigenvalue weighted by atomic mass is 19.1. The zero-order valence-corrected chi connectivity index (χ0v) is 10.6. The molecule has 1 aromatic carbocycles. The number of benzene rings is 1. The van der Waals surface area contributed by atoms with E-state index in [9.17, 15) is 9.18 Å². The van der Waals surface area contributed by atoms with E-state index >= 15 is 0 Å². The Kier molecular flexibility index (Phi) is 4.31. The second kappa shape index (κ2) is 5.96. The van der Waals surface area contributed by atoms with Gasteiger partial charge in [-0.1, -0.05) is 24.6 Å². The van der Waals surface area contributed by atoms with Gasteiger partial charge in [0.15, 0.2) is 0 Å². The monoisotopic (exact) mass is 250 g/mol. The summed E-state index contributed by atoms with van der Waals surface area (Å²) in [5.74, 6) is -0.313. The molecular formula is C14H19FN2O. The molecule has 1 aromatic rings. The van der Waals surface area contributed by atoms with Crippen LogP contribution in [0.3, 0.4) is 0 Å². The minimum Gasteiger partial charge on any atom is -0.348 e. The van der Waals surface area contributed by atoms with Crippen LogP contribution in [0.4, 0.5) is 4.39 Å². The van der Waals surface area contributed by atoms with Gasteiger partial charge in [-0.25, -0.2) is 4.39 Å². The number of amides is 1. The van der Waals surface area contributed by atoms with Crippen molar-refractivity contribution in [3.8, 4) is 0 Å². The first-order chi connectivity index (χ1) is 8.68.